The van der Waals surface area contributed by atoms with Crippen molar-refractivity contribution >= 4 is 11.9 Å². The normalized spacial score (nSPS) is 11.9. The molecule has 7 heteroatoms. The Kier molecular flexibility index (Phi) is 9.39. The number of hydrogen-bond acceptors (Lipinski definition) is 3. The number of aliphatic carboxylic acids is 1. The predicted octanol–water partition coefficient (Wildman–Crippen LogP) is 6.70. The topological polar surface area (TPSA) is 75.6 Å². The number of rotatable bonds is 11. The van der Waals surface area contributed by atoms with Gasteiger partial charge < -0.3 is 15.2 Å². The van der Waals surface area contributed by atoms with Crippen LogP contribution in [-0.2, 0) is 17.8 Å². The van der Waals surface area contributed by atoms with Crippen molar-refractivity contribution in [2.45, 2.75) is 59.6 Å². The number of aryl methyl sites for hydroxylation is 3. The van der Waals surface area contributed by atoms with Gasteiger partial charge >= 0.3 is 5.97 Å². The SMILES string of the molecule is Cc1cc(C)cc(C(CC(C)C)NC(=O)c2cc(COc3cc(F)cc(F)c3)ccc2CCC(=O)O)c1. The number of hydrogen-bond donors (Lipinski definition) is 2. The zero-order valence-electron chi connectivity index (χ0n) is 21.6. The van der Waals surface area contributed by atoms with E-state index in [0.29, 0.717) is 22.6 Å². The monoisotopic (exact) mass is 509 g/mol. The fourth-order valence-corrected chi connectivity index (χ4v) is 4.36. The Labute approximate surface area is 216 Å². The fraction of sp³-hybridized carbons (Fsp3) is 0.333. The van der Waals surface area contributed by atoms with Gasteiger partial charge in [0.05, 0.1) is 6.04 Å². The Morgan fingerprint density at radius 3 is 2.19 bits per heavy atom. The van der Waals surface area contributed by atoms with E-state index < -0.39 is 17.6 Å². The van der Waals surface area contributed by atoms with Crippen LogP contribution in [0.15, 0.2) is 54.6 Å². The maximum atomic E-state index is 13.6. The summed E-state index contributed by atoms with van der Waals surface area (Å²) in [5.41, 5.74) is 4.79. The van der Waals surface area contributed by atoms with Crippen molar-refractivity contribution in [3.8, 4) is 5.75 Å². The van der Waals surface area contributed by atoms with Gasteiger partial charge in [0.2, 0.25) is 0 Å². The number of carbonyl (C=O) groups is 2. The lowest BCUT2D eigenvalue weighted by atomic mass is 9.93. The third kappa shape index (κ3) is 8.41. The van der Waals surface area contributed by atoms with Gasteiger partial charge in [-0.05, 0) is 55.4 Å². The van der Waals surface area contributed by atoms with Gasteiger partial charge in [0.25, 0.3) is 5.91 Å². The Morgan fingerprint density at radius 2 is 1.59 bits per heavy atom. The van der Waals surface area contributed by atoms with Crippen LogP contribution in [-0.4, -0.2) is 17.0 Å². The highest BCUT2D eigenvalue weighted by atomic mass is 19.1. The van der Waals surface area contributed by atoms with Crippen molar-refractivity contribution in [1.29, 1.82) is 0 Å². The van der Waals surface area contributed by atoms with Gasteiger partial charge in [-0.25, -0.2) is 8.78 Å². The number of carbonyl (C=O) groups excluding carboxylic acids is 1. The predicted molar refractivity (Wildman–Crippen MR) is 139 cm³/mol. The molecule has 0 saturated carbocycles. The van der Waals surface area contributed by atoms with Crippen molar-refractivity contribution in [2.75, 3.05) is 0 Å². The quantitative estimate of drug-likeness (QED) is 0.302. The molecule has 196 valence electrons. The third-order valence-corrected chi connectivity index (χ3v) is 5.93. The maximum absolute atomic E-state index is 13.6. The van der Waals surface area contributed by atoms with Gasteiger partial charge in [0.1, 0.15) is 24.0 Å². The number of ether oxygens (including phenoxy) is 1. The number of amides is 1. The molecular formula is C30H33F2NO4. The van der Waals surface area contributed by atoms with Crippen molar-refractivity contribution in [3.05, 3.63) is 99.6 Å². The molecule has 5 nitrogen and oxygen atoms in total. The van der Waals surface area contributed by atoms with Crippen molar-refractivity contribution in [3.63, 3.8) is 0 Å². The smallest absolute Gasteiger partial charge is 0.303 e. The van der Waals surface area contributed by atoms with E-state index in [1.807, 2.05) is 13.8 Å². The van der Waals surface area contributed by atoms with E-state index in [0.717, 1.165) is 41.3 Å². The lowest BCUT2D eigenvalue weighted by Crippen LogP contribution is -2.30. The number of carboxylic acids is 1. The largest absolute Gasteiger partial charge is 0.489 e. The molecule has 0 aliphatic carbocycles. The molecule has 2 N–H and O–H groups in total. The van der Waals surface area contributed by atoms with E-state index in [9.17, 15) is 23.5 Å². The van der Waals surface area contributed by atoms with Gasteiger partial charge in [-0.3, -0.25) is 9.59 Å². The second-order valence-electron chi connectivity index (χ2n) is 9.86. The van der Waals surface area contributed by atoms with Crippen LogP contribution in [0.1, 0.15) is 70.9 Å². The number of carboxylic acid groups (broad SMARTS) is 1. The van der Waals surface area contributed by atoms with Crippen LogP contribution in [0.4, 0.5) is 8.78 Å². The molecule has 0 aliphatic rings. The summed E-state index contributed by atoms with van der Waals surface area (Å²) in [6.07, 6.45) is 0.797. The molecule has 37 heavy (non-hydrogen) atoms. The van der Waals surface area contributed by atoms with Gasteiger partial charge in [-0.15, -0.1) is 0 Å². The highest BCUT2D eigenvalue weighted by Crippen LogP contribution is 2.25. The Morgan fingerprint density at radius 1 is 0.946 bits per heavy atom. The minimum absolute atomic E-state index is 0.0190. The van der Waals surface area contributed by atoms with E-state index in [-0.39, 0.29) is 37.1 Å². The first-order chi connectivity index (χ1) is 17.5. The average molecular weight is 510 g/mol. The van der Waals surface area contributed by atoms with Crippen LogP contribution in [0.5, 0.6) is 5.75 Å². The lowest BCUT2D eigenvalue weighted by molar-refractivity contribution is -0.136. The zero-order chi connectivity index (χ0) is 27.1. The van der Waals surface area contributed by atoms with Crippen molar-refractivity contribution in [2.24, 2.45) is 5.92 Å². The van der Waals surface area contributed by atoms with Crippen LogP contribution in [0, 0.1) is 31.4 Å². The second-order valence-corrected chi connectivity index (χ2v) is 9.86. The van der Waals surface area contributed by atoms with Crippen LogP contribution < -0.4 is 10.1 Å². The summed E-state index contributed by atoms with van der Waals surface area (Å²) in [5, 5.41) is 12.3. The van der Waals surface area contributed by atoms with Gasteiger partial charge in [-0.1, -0.05) is 55.3 Å². The molecule has 3 aromatic rings. The summed E-state index contributed by atoms with van der Waals surface area (Å²) < 4.78 is 32.6. The van der Waals surface area contributed by atoms with Crippen LogP contribution in [0.2, 0.25) is 0 Å². The molecule has 0 radical (unpaired) electrons. The minimum Gasteiger partial charge on any atom is -0.489 e. The standard InChI is InChI=1S/C30H33F2NO4/c1-18(2)9-28(23-11-19(3)10-20(4)12-23)33-30(36)27-13-21(5-6-22(27)7-8-29(34)35)17-37-26-15-24(31)14-25(32)16-26/h5-6,10-16,18,28H,7-9,17H2,1-4H3,(H,33,36)(H,34,35). The van der Waals surface area contributed by atoms with Gasteiger partial charge in [-0.2, -0.15) is 0 Å². The highest BCUT2D eigenvalue weighted by molar-refractivity contribution is 5.96. The average Bonchev–Trinajstić information content (AvgIpc) is 2.79. The van der Waals surface area contributed by atoms with Crippen molar-refractivity contribution in [1.82, 2.24) is 5.32 Å². The summed E-state index contributed by atoms with van der Waals surface area (Å²) in [5.74, 6) is -2.42. The molecule has 0 aliphatic heterocycles. The summed E-state index contributed by atoms with van der Waals surface area (Å²) in [6.45, 7) is 8.20. The first-order valence-corrected chi connectivity index (χ1v) is 12.3. The lowest BCUT2D eigenvalue weighted by Gasteiger charge is -2.23. The summed E-state index contributed by atoms with van der Waals surface area (Å²) in [4.78, 5) is 24.8. The number of halogens is 2. The number of benzene rings is 3. The zero-order valence-corrected chi connectivity index (χ0v) is 21.6. The highest BCUT2D eigenvalue weighted by Gasteiger charge is 2.21. The molecule has 3 rings (SSSR count). The molecule has 0 fully saturated rings. The van der Waals surface area contributed by atoms with E-state index in [2.05, 4.69) is 37.4 Å². The van der Waals surface area contributed by atoms with Gasteiger partial charge in [0, 0.05) is 30.2 Å². The number of nitrogens with one attached hydrogen (secondary N) is 1. The summed E-state index contributed by atoms with van der Waals surface area (Å²) in [6, 6.07) is 14.0. The molecule has 1 amide bonds. The maximum Gasteiger partial charge on any atom is 0.303 e. The summed E-state index contributed by atoms with van der Waals surface area (Å²) >= 11 is 0. The molecule has 3 aromatic carbocycles. The first-order valence-electron chi connectivity index (χ1n) is 12.3. The molecule has 0 spiro atoms. The Hall–Kier alpha value is -3.74. The van der Waals surface area contributed by atoms with Crippen LogP contribution >= 0.6 is 0 Å². The fourth-order valence-electron chi connectivity index (χ4n) is 4.36. The van der Waals surface area contributed by atoms with Crippen LogP contribution in [0.3, 0.4) is 0 Å². The molecule has 0 heterocycles. The first kappa shape index (κ1) is 27.8. The van der Waals surface area contributed by atoms with Gasteiger partial charge in [0.15, 0.2) is 0 Å². The van der Waals surface area contributed by atoms with E-state index in [4.69, 9.17) is 4.74 Å². The second kappa shape index (κ2) is 12.5. The molecule has 0 aromatic heterocycles. The molecule has 0 bridgehead atoms. The van der Waals surface area contributed by atoms with E-state index in [1.165, 1.54) is 0 Å². The Bertz CT molecular complexity index is 1230. The molecule has 1 atom stereocenters. The Balaban J connectivity index is 1.89. The molecule has 0 saturated heterocycles. The molecular weight excluding hydrogens is 476 g/mol. The third-order valence-electron chi connectivity index (χ3n) is 5.93. The van der Waals surface area contributed by atoms with Crippen LogP contribution in [0.25, 0.3) is 0 Å². The van der Waals surface area contributed by atoms with E-state index in [1.54, 1.807) is 18.2 Å². The summed E-state index contributed by atoms with van der Waals surface area (Å²) in [7, 11) is 0. The van der Waals surface area contributed by atoms with E-state index >= 15 is 0 Å². The minimum atomic E-state index is -0.959. The van der Waals surface area contributed by atoms with Crippen molar-refractivity contribution < 1.29 is 28.2 Å². The molecule has 1 unspecified atom stereocenters.